The van der Waals surface area contributed by atoms with E-state index in [9.17, 15) is 66.2 Å². The molecule has 0 bridgehead atoms. The average Bonchev–Trinajstić information content (AvgIpc) is 2.41. The van der Waals surface area contributed by atoms with Crippen molar-refractivity contribution in [1.29, 1.82) is 0 Å². The van der Waals surface area contributed by atoms with Crippen molar-refractivity contribution >= 4 is 15.2 Å². The van der Waals surface area contributed by atoms with Gasteiger partial charge in [-0.05, 0) is 0 Å². The summed E-state index contributed by atoms with van der Waals surface area (Å²) in [6.07, 6.45) is -7.78. The smallest absolute Gasteiger partial charge is 0.363 e. The highest BCUT2D eigenvalue weighted by atomic mass is 31.2. The lowest BCUT2D eigenvalue weighted by atomic mass is 9.94. The first-order valence-electron chi connectivity index (χ1n) is 5.79. The van der Waals surface area contributed by atoms with Crippen molar-refractivity contribution in [3.8, 4) is 0 Å². The summed E-state index contributed by atoms with van der Waals surface area (Å²) in [7, 11) is -15.7. The van der Waals surface area contributed by atoms with Gasteiger partial charge in [0.1, 0.15) is 0 Å². The minimum absolute atomic E-state index is 6.95. The summed E-state index contributed by atoms with van der Waals surface area (Å²) >= 11 is 0. The zero-order chi connectivity index (χ0) is 24.5. The summed E-state index contributed by atoms with van der Waals surface area (Å²) in [5.74, 6) is -42.0. The van der Waals surface area contributed by atoms with E-state index in [0.717, 1.165) is 0 Å². The first-order chi connectivity index (χ1) is 12.0. The van der Waals surface area contributed by atoms with Gasteiger partial charge in [-0.25, -0.2) is 0 Å². The summed E-state index contributed by atoms with van der Waals surface area (Å²) < 4.78 is 189. The number of aliphatic hydroxyl groups is 1. The van der Waals surface area contributed by atoms with Crippen LogP contribution in [0.5, 0.6) is 0 Å². The fraction of sp³-hybridized carbons (Fsp3) is 1.00. The van der Waals surface area contributed by atoms with E-state index in [1.54, 1.807) is 0 Å². The largest absolute Gasteiger partial charge is 0.460 e. The molecular weight excluding hydrogens is 505 g/mol. The number of rotatable bonds is 7. The monoisotopic (exact) mass is 510 g/mol. The van der Waals surface area contributed by atoms with Crippen LogP contribution in [0.25, 0.3) is 0 Å². The fourth-order valence-electron chi connectivity index (χ4n) is 1.52. The molecule has 0 spiro atoms. The van der Waals surface area contributed by atoms with Gasteiger partial charge in [0, 0.05) is 0 Å². The first kappa shape index (κ1) is 28.4. The molecule has 0 aromatic heterocycles. The highest BCUT2D eigenvalue weighted by Crippen LogP contribution is 2.76. The molecule has 0 unspecified atom stereocenters. The highest BCUT2D eigenvalue weighted by molar-refractivity contribution is 7.72. The third-order valence-corrected chi connectivity index (χ3v) is 6.92. The van der Waals surface area contributed by atoms with Gasteiger partial charge < -0.3 is 24.7 Å². The molecule has 22 heteroatoms. The predicted molar refractivity (Wildman–Crippen MR) is 59.8 cm³/mol. The van der Waals surface area contributed by atoms with E-state index in [1.807, 2.05) is 0 Å². The van der Waals surface area contributed by atoms with E-state index in [0.29, 0.717) is 0 Å². The Labute approximate surface area is 148 Å². The molecule has 0 aromatic rings. The van der Waals surface area contributed by atoms with Gasteiger partial charge in [-0.1, -0.05) is 0 Å². The van der Waals surface area contributed by atoms with Gasteiger partial charge in [0.15, 0.2) is 0 Å². The Bertz CT molecular complexity index is 712. The van der Waals surface area contributed by atoms with Crippen LogP contribution < -0.4 is 0 Å². The van der Waals surface area contributed by atoms with Crippen molar-refractivity contribution in [2.45, 2.75) is 40.9 Å². The summed E-state index contributed by atoms with van der Waals surface area (Å²) in [6.45, 7) is 0. The van der Waals surface area contributed by atoms with Crippen LogP contribution in [0.4, 0.5) is 57.1 Å². The van der Waals surface area contributed by atoms with Crippen LogP contribution in [0.15, 0.2) is 0 Å². The van der Waals surface area contributed by atoms with Crippen molar-refractivity contribution in [1.82, 2.24) is 0 Å². The minimum atomic E-state index is -8.62. The Morgan fingerprint density at radius 2 is 0.655 bits per heavy atom. The third-order valence-electron chi connectivity index (χ3n) is 3.17. The van der Waals surface area contributed by atoms with Crippen molar-refractivity contribution in [2.75, 3.05) is 0 Å². The number of alkyl halides is 13. The third kappa shape index (κ3) is 3.45. The Hall–Kier alpha value is -0.650. The molecule has 0 radical (unpaired) electrons. The van der Waals surface area contributed by atoms with Gasteiger partial charge in [0.05, 0.1) is 0 Å². The maximum atomic E-state index is 13.6. The molecule has 0 saturated heterocycles. The zero-order valence-electron chi connectivity index (χ0n) is 12.4. The van der Waals surface area contributed by atoms with Gasteiger partial charge in [0.25, 0.3) is 0 Å². The molecule has 0 atom stereocenters. The lowest BCUT2D eigenvalue weighted by Gasteiger charge is -2.44. The maximum Gasteiger partial charge on any atom is 0.460 e. The highest BCUT2D eigenvalue weighted by Gasteiger charge is 2.95. The molecule has 0 amide bonds. The van der Waals surface area contributed by atoms with Crippen molar-refractivity contribution in [3.05, 3.63) is 0 Å². The van der Waals surface area contributed by atoms with Crippen LogP contribution in [0.1, 0.15) is 0 Å². The molecule has 0 aliphatic carbocycles. The quantitative estimate of drug-likeness (QED) is 0.263. The molecule has 0 aliphatic heterocycles. The second-order valence-corrected chi connectivity index (χ2v) is 8.92. The molecular formula is C7H5F13O7P2. The summed E-state index contributed by atoms with van der Waals surface area (Å²) in [5, 5.41) is 1.84. The molecule has 0 rings (SSSR count). The average molecular weight is 510 g/mol. The first-order valence-corrected chi connectivity index (χ1v) is 9.02. The van der Waals surface area contributed by atoms with E-state index in [1.165, 1.54) is 0 Å². The predicted octanol–water partition coefficient (Wildman–Crippen LogP) is 2.73. The SMILES string of the molecule is O=P(O)(O)C(O)(C(F)(F)C(F)(F)C(F)(F)C(F)(F)C(F)(F)C(F)(F)F)P(=O)(O)O. The molecule has 29 heavy (non-hydrogen) atoms. The van der Waals surface area contributed by atoms with Crippen molar-refractivity contribution in [3.63, 3.8) is 0 Å². The van der Waals surface area contributed by atoms with Gasteiger partial charge in [0.2, 0.25) is 0 Å². The van der Waals surface area contributed by atoms with Crippen molar-refractivity contribution < 1.29 is 90.9 Å². The zero-order valence-corrected chi connectivity index (χ0v) is 14.1. The van der Waals surface area contributed by atoms with E-state index in [4.69, 9.17) is 24.7 Å². The van der Waals surface area contributed by atoms with E-state index >= 15 is 0 Å². The Morgan fingerprint density at radius 1 is 0.448 bits per heavy atom. The molecule has 0 fully saturated rings. The van der Waals surface area contributed by atoms with Gasteiger partial charge in [-0.3, -0.25) is 9.13 Å². The van der Waals surface area contributed by atoms with E-state index in [-0.39, 0.29) is 0 Å². The normalized spacial score (nSPS) is 16.9. The van der Waals surface area contributed by atoms with E-state index in [2.05, 4.69) is 0 Å². The van der Waals surface area contributed by atoms with Crippen LogP contribution in [0.3, 0.4) is 0 Å². The molecule has 0 saturated carbocycles. The fourth-order valence-corrected chi connectivity index (χ4v) is 3.89. The van der Waals surface area contributed by atoms with Gasteiger partial charge in [-0.2, -0.15) is 57.1 Å². The molecule has 5 N–H and O–H groups in total. The molecule has 0 heterocycles. The van der Waals surface area contributed by atoms with Crippen LogP contribution in [-0.2, 0) is 9.13 Å². The molecule has 7 nitrogen and oxygen atoms in total. The number of hydrogen-bond acceptors (Lipinski definition) is 3. The van der Waals surface area contributed by atoms with Crippen LogP contribution >= 0.6 is 15.2 Å². The topological polar surface area (TPSA) is 135 Å². The lowest BCUT2D eigenvalue weighted by Crippen LogP contribution is -2.73. The summed E-state index contributed by atoms with van der Waals surface area (Å²) in [5.41, 5.74) is 0. The summed E-state index contributed by atoms with van der Waals surface area (Å²) in [6, 6.07) is 0. The van der Waals surface area contributed by atoms with E-state index < -0.39 is 56.1 Å². The minimum Gasteiger partial charge on any atom is -0.363 e. The Kier molecular flexibility index (Phi) is 6.52. The second kappa shape index (κ2) is 6.67. The van der Waals surface area contributed by atoms with Crippen LogP contribution in [0.2, 0.25) is 0 Å². The molecule has 176 valence electrons. The van der Waals surface area contributed by atoms with Crippen molar-refractivity contribution in [2.24, 2.45) is 0 Å². The second-order valence-electron chi connectivity index (χ2n) is 5.09. The Morgan fingerprint density at radius 3 is 0.862 bits per heavy atom. The van der Waals surface area contributed by atoms with Gasteiger partial charge >= 0.3 is 56.1 Å². The number of halogens is 13. The lowest BCUT2D eigenvalue weighted by molar-refractivity contribution is -0.444. The van der Waals surface area contributed by atoms with Crippen LogP contribution in [0, 0.1) is 0 Å². The molecule has 0 aromatic carbocycles. The van der Waals surface area contributed by atoms with Gasteiger partial charge in [-0.15, -0.1) is 0 Å². The van der Waals surface area contributed by atoms with Crippen LogP contribution in [-0.4, -0.2) is 65.6 Å². The number of hydrogen-bond donors (Lipinski definition) is 5. The standard InChI is InChI=1S/C7H5F13O7P2/c8-1(9,2(10,11)4(14,15)6(18,19)20)3(12,13)5(16,17)7(21,28(22,23)24)29(25,26)27/h21H,(H2,22,23,24)(H2,25,26,27). The summed E-state index contributed by atoms with van der Waals surface area (Å²) in [4.78, 5) is 33.3. The maximum absolute atomic E-state index is 13.6. The Balaban J connectivity index is 7.12. The molecule has 0 aliphatic rings.